The van der Waals surface area contributed by atoms with Crippen LogP contribution in [-0.2, 0) is 23.9 Å². The maximum atomic E-state index is 13.9. The molecule has 1 aromatic carbocycles. The number of nitrogens with zero attached hydrogens (tertiary/aromatic N) is 2. The summed E-state index contributed by atoms with van der Waals surface area (Å²) in [6.07, 6.45) is -1.09. The molecule has 2 aliphatic heterocycles. The number of fused-ring (bicyclic) bond motifs is 1. The lowest BCUT2D eigenvalue weighted by atomic mass is 9.95. The Bertz CT molecular complexity index is 1340. The topological polar surface area (TPSA) is 102 Å². The number of para-hydroxylation sites is 1. The number of ether oxygens (including phenoxy) is 2. The van der Waals surface area contributed by atoms with Crippen molar-refractivity contribution < 1.29 is 33.5 Å². The summed E-state index contributed by atoms with van der Waals surface area (Å²) in [5.41, 5.74) is 0.990. The minimum atomic E-state index is -1.09. The molecule has 5 rings (SSSR count). The Morgan fingerprint density at radius 1 is 1.06 bits per heavy atom. The van der Waals surface area contributed by atoms with Crippen LogP contribution < -0.4 is 9.96 Å². The molecular weight excluding hydrogens is 504 g/mol. The molecule has 3 aromatic rings. The highest BCUT2D eigenvalue weighted by Gasteiger charge is 2.61. The number of imide groups is 1. The van der Waals surface area contributed by atoms with Gasteiger partial charge in [-0.25, -0.2) is 19.6 Å². The normalized spacial score (nSPS) is 21.1. The highest BCUT2D eigenvalue weighted by Crippen LogP contribution is 2.50. The van der Waals surface area contributed by atoms with Gasteiger partial charge >= 0.3 is 11.9 Å². The molecule has 0 spiro atoms. The highest BCUT2D eigenvalue weighted by molar-refractivity contribution is 7.19. The fourth-order valence-corrected chi connectivity index (χ4v) is 6.60. The van der Waals surface area contributed by atoms with Crippen molar-refractivity contribution in [3.8, 4) is 0 Å². The Labute approximate surface area is 214 Å². The van der Waals surface area contributed by atoms with Gasteiger partial charge in [0.15, 0.2) is 6.10 Å². The van der Waals surface area contributed by atoms with Gasteiger partial charge in [0, 0.05) is 4.88 Å². The van der Waals surface area contributed by atoms with E-state index < -0.39 is 41.8 Å². The SMILES string of the molecule is CCOC(=O)c1sc(N2C(=O)[C@H]3[C@@H](c4cccs4)N(c4ccccc4)O[C@H]3C2=O)c(C(=O)OC)c1C. The van der Waals surface area contributed by atoms with Crippen molar-refractivity contribution in [2.24, 2.45) is 5.92 Å². The predicted octanol–water partition coefficient (Wildman–Crippen LogP) is 4.13. The van der Waals surface area contributed by atoms with E-state index in [0.717, 1.165) is 21.1 Å². The first-order valence-electron chi connectivity index (χ1n) is 11.2. The third-order valence-electron chi connectivity index (χ3n) is 6.14. The van der Waals surface area contributed by atoms with E-state index in [0.29, 0.717) is 11.3 Å². The van der Waals surface area contributed by atoms with Crippen LogP contribution in [0.2, 0.25) is 0 Å². The van der Waals surface area contributed by atoms with Crippen LogP contribution in [0.25, 0.3) is 0 Å². The molecule has 9 nitrogen and oxygen atoms in total. The zero-order valence-electron chi connectivity index (χ0n) is 19.6. The number of methoxy groups -OCH3 is 1. The first kappa shape index (κ1) is 24.2. The van der Waals surface area contributed by atoms with Gasteiger partial charge in [-0.3, -0.25) is 14.4 Å². The van der Waals surface area contributed by atoms with Gasteiger partial charge in [0.05, 0.1) is 25.0 Å². The average molecular weight is 527 g/mol. The lowest BCUT2D eigenvalue weighted by Crippen LogP contribution is -2.37. The lowest BCUT2D eigenvalue weighted by molar-refractivity contribution is -0.126. The van der Waals surface area contributed by atoms with Crippen LogP contribution in [0.4, 0.5) is 10.7 Å². The van der Waals surface area contributed by atoms with Crippen LogP contribution >= 0.6 is 22.7 Å². The third-order valence-corrected chi connectivity index (χ3v) is 8.34. The molecule has 0 aliphatic carbocycles. The van der Waals surface area contributed by atoms with E-state index in [9.17, 15) is 19.2 Å². The van der Waals surface area contributed by atoms with Crippen LogP contribution in [0.3, 0.4) is 0 Å². The number of benzene rings is 1. The molecule has 0 N–H and O–H groups in total. The van der Waals surface area contributed by atoms with E-state index in [4.69, 9.17) is 14.3 Å². The molecule has 3 atom stereocenters. The summed E-state index contributed by atoms with van der Waals surface area (Å²) in [4.78, 5) is 60.9. The third kappa shape index (κ3) is 3.71. The van der Waals surface area contributed by atoms with Crippen molar-refractivity contribution >= 4 is 57.1 Å². The van der Waals surface area contributed by atoms with Gasteiger partial charge in [-0.2, -0.15) is 0 Å². The van der Waals surface area contributed by atoms with Crippen LogP contribution in [0.5, 0.6) is 0 Å². The number of hydroxylamine groups is 1. The molecule has 0 saturated carbocycles. The van der Waals surface area contributed by atoms with E-state index in [1.807, 2.05) is 47.8 Å². The molecule has 0 unspecified atom stereocenters. The van der Waals surface area contributed by atoms with Gasteiger partial charge in [-0.1, -0.05) is 24.3 Å². The second kappa shape index (κ2) is 9.49. The molecule has 36 heavy (non-hydrogen) atoms. The Morgan fingerprint density at radius 3 is 2.44 bits per heavy atom. The fourth-order valence-electron chi connectivity index (χ4n) is 4.55. The number of hydrogen-bond donors (Lipinski definition) is 0. The summed E-state index contributed by atoms with van der Waals surface area (Å²) in [5, 5.41) is 3.54. The predicted molar refractivity (Wildman–Crippen MR) is 133 cm³/mol. The molecule has 4 heterocycles. The minimum Gasteiger partial charge on any atom is -0.465 e. The summed E-state index contributed by atoms with van der Waals surface area (Å²) in [6, 6.07) is 12.5. The number of carbonyl (C=O) groups is 4. The fraction of sp³-hybridized carbons (Fsp3) is 0.280. The molecule has 2 fully saturated rings. The van der Waals surface area contributed by atoms with E-state index in [1.165, 1.54) is 18.4 Å². The average Bonchev–Trinajstić information content (AvgIpc) is 3.64. The number of carbonyl (C=O) groups excluding carboxylic acids is 4. The van der Waals surface area contributed by atoms with Gasteiger partial charge < -0.3 is 9.47 Å². The Morgan fingerprint density at radius 2 is 1.81 bits per heavy atom. The van der Waals surface area contributed by atoms with Crippen LogP contribution in [0.15, 0.2) is 47.8 Å². The van der Waals surface area contributed by atoms with Crippen molar-refractivity contribution in [1.82, 2.24) is 0 Å². The zero-order chi connectivity index (χ0) is 25.6. The van der Waals surface area contributed by atoms with Gasteiger partial charge in [-0.15, -0.1) is 22.7 Å². The second-order valence-corrected chi connectivity index (χ2v) is 10.1. The number of esters is 2. The van der Waals surface area contributed by atoms with Gasteiger partial charge in [0.25, 0.3) is 5.91 Å². The Hall–Kier alpha value is -3.54. The van der Waals surface area contributed by atoms with Gasteiger partial charge in [-0.05, 0) is 43.0 Å². The summed E-state index contributed by atoms with van der Waals surface area (Å²) in [6.45, 7) is 3.36. The maximum Gasteiger partial charge on any atom is 0.348 e. The van der Waals surface area contributed by atoms with Crippen LogP contribution in [-0.4, -0.2) is 43.6 Å². The van der Waals surface area contributed by atoms with Crippen LogP contribution in [0, 0.1) is 12.8 Å². The Balaban J connectivity index is 1.59. The van der Waals surface area contributed by atoms with E-state index in [-0.39, 0.29) is 22.0 Å². The highest BCUT2D eigenvalue weighted by atomic mass is 32.1. The molecule has 11 heteroatoms. The minimum absolute atomic E-state index is 0.0141. The molecule has 2 aromatic heterocycles. The van der Waals surface area contributed by atoms with Crippen molar-refractivity contribution in [3.05, 3.63) is 68.7 Å². The van der Waals surface area contributed by atoms with Gasteiger partial charge in [0.1, 0.15) is 21.8 Å². The largest absolute Gasteiger partial charge is 0.465 e. The summed E-state index contributed by atoms with van der Waals surface area (Å²) in [5.74, 6) is -3.36. The van der Waals surface area contributed by atoms with Crippen LogP contribution in [0.1, 0.15) is 43.4 Å². The first-order valence-corrected chi connectivity index (χ1v) is 12.9. The zero-order valence-corrected chi connectivity index (χ0v) is 21.3. The van der Waals surface area contributed by atoms with E-state index >= 15 is 0 Å². The van der Waals surface area contributed by atoms with Crippen molar-refractivity contribution in [2.45, 2.75) is 26.0 Å². The number of rotatable bonds is 6. The number of amides is 2. The standard InChI is InChI=1S/C25H22N2O7S2/c1-4-33-25(31)20-13(2)16(24(30)32-3)23(36-20)26-21(28)17-18(15-11-8-12-35-15)27(34-19(17)22(26)29)14-9-6-5-7-10-14/h5-12,17-19H,4H2,1-3H3/t17-,18+,19+/m0/s1. The van der Waals surface area contributed by atoms with E-state index in [2.05, 4.69) is 0 Å². The molecule has 2 saturated heterocycles. The lowest BCUT2D eigenvalue weighted by Gasteiger charge is -2.27. The summed E-state index contributed by atoms with van der Waals surface area (Å²) in [7, 11) is 1.20. The van der Waals surface area contributed by atoms with Crippen molar-refractivity contribution in [1.29, 1.82) is 0 Å². The molecule has 2 amide bonds. The molecular formula is C25H22N2O7S2. The van der Waals surface area contributed by atoms with E-state index in [1.54, 1.807) is 18.9 Å². The molecule has 2 aliphatic rings. The maximum absolute atomic E-state index is 13.9. The summed E-state index contributed by atoms with van der Waals surface area (Å²) < 4.78 is 10.0. The van der Waals surface area contributed by atoms with Gasteiger partial charge in [0.2, 0.25) is 5.91 Å². The summed E-state index contributed by atoms with van der Waals surface area (Å²) >= 11 is 2.32. The van der Waals surface area contributed by atoms with Crippen molar-refractivity contribution in [3.63, 3.8) is 0 Å². The molecule has 0 bridgehead atoms. The molecule has 186 valence electrons. The number of hydrogen-bond acceptors (Lipinski definition) is 10. The Kier molecular flexibility index (Phi) is 6.37. The first-order chi connectivity index (χ1) is 17.4. The monoisotopic (exact) mass is 526 g/mol. The second-order valence-electron chi connectivity index (χ2n) is 8.13. The van der Waals surface area contributed by atoms with Crippen molar-refractivity contribution in [2.75, 3.05) is 23.7 Å². The number of thiophene rings is 2. The molecule has 0 radical (unpaired) electrons. The number of anilines is 2. The smallest absolute Gasteiger partial charge is 0.348 e. The quantitative estimate of drug-likeness (QED) is 0.349.